The van der Waals surface area contributed by atoms with E-state index in [2.05, 4.69) is 15.7 Å². The number of anilines is 1. The van der Waals surface area contributed by atoms with Crippen LogP contribution in [0, 0.1) is 11.8 Å². The van der Waals surface area contributed by atoms with Gasteiger partial charge in [0.1, 0.15) is 12.1 Å². The van der Waals surface area contributed by atoms with Gasteiger partial charge in [-0.1, -0.05) is 76.3 Å². The Hall–Kier alpha value is -4.30. The third-order valence-corrected chi connectivity index (χ3v) is 10.4. The number of carbonyl (C=O) groups excluding carboxylic acids is 5. The Balaban J connectivity index is 1.70. The monoisotopic (exact) mass is 751 g/mol. The zero-order valence-electron chi connectivity index (χ0n) is 31.1. The third kappa shape index (κ3) is 12.4. The summed E-state index contributed by atoms with van der Waals surface area (Å²) in [6.45, 7) is 7.17. The normalized spacial score (nSPS) is 16.4. The van der Waals surface area contributed by atoms with Crippen LogP contribution in [-0.4, -0.2) is 87.1 Å². The van der Waals surface area contributed by atoms with E-state index < -0.39 is 53.8 Å². The van der Waals surface area contributed by atoms with Crippen molar-refractivity contribution in [2.24, 2.45) is 11.8 Å². The molecule has 1 aliphatic heterocycles. The molecule has 3 N–H and O–H groups in total. The number of carbonyl (C=O) groups is 6. The number of rotatable bonds is 19. The number of hydrogen-bond donors (Lipinski definition) is 3. The number of pyridine rings is 1. The minimum Gasteiger partial charge on any atom is -0.480 e. The fourth-order valence-electron chi connectivity index (χ4n) is 6.80. The summed E-state index contributed by atoms with van der Waals surface area (Å²) in [5, 5.41) is 13.8. The number of ketones is 1. The Morgan fingerprint density at radius 3 is 2.40 bits per heavy atom. The molecule has 0 saturated heterocycles. The first-order chi connectivity index (χ1) is 25.3. The van der Waals surface area contributed by atoms with Gasteiger partial charge in [-0.15, -0.1) is 11.8 Å². The SMILES string of the molecule is CC(C)C[C@H](NC(=O)[C@H](Cc1ccccc1)N(NC(CC1CCCCC1)C(=O)C(=O)OC(C)C)C(=O)CCCN1C(=O)CSc2ccncc21)C(=O)O. The molecule has 1 unspecified atom stereocenters. The second-order valence-corrected chi connectivity index (χ2v) is 15.5. The lowest BCUT2D eigenvalue weighted by Gasteiger charge is -2.36. The number of esters is 1. The van der Waals surface area contributed by atoms with Crippen LogP contribution in [0.5, 0.6) is 0 Å². The van der Waals surface area contributed by atoms with Gasteiger partial charge in [-0.05, 0) is 56.6 Å². The molecule has 1 aromatic carbocycles. The zero-order valence-corrected chi connectivity index (χ0v) is 31.9. The maximum absolute atomic E-state index is 14.5. The predicted molar refractivity (Wildman–Crippen MR) is 201 cm³/mol. The van der Waals surface area contributed by atoms with Crippen molar-refractivity contribution in [3.05, 3.63) is 54.4 Å². The van der Waals surface area contributed by atoms with E-state index in [1.807, 2.05) is 26.0 Å². The van der Waals surface area contributed by atoms with Crippen molar-refractivity contribution >= 4 is 52.9 Å². The highest BCUT2D eigenvalue weighted by Crippen LogP contribution is 2.34. The second-order valence-electron chi connectivity index (χ2n) is 14.5. The van der Waals surface area contributed by atoms with Gasteiger partial charge in [0.05, 0.1) is 29.8 Å². The highest BCUT2D eigenvalue weighted by molar-refractivity contribution is 8.00. The molecular weight excluding hydrogens is 699 g/mol. The average Bonchev–Trinajstić information content (AvgIpc) is 3.13. The van der Waals surface area contributed by atoms with Crippen LogP contribution in [0.2, 0.25) is 0 Å². The van der Waals surface area contributed by atoms with Gasteiger partial charge in [-0.2, -0.15) is 0 Å². The van der Waals surface area contributed by atoms with Gasteiger partial charge >= 0.3 is 11.9 Å². The summed E-state index contributed by atoms with van der Waals surface area (Å²) >= 11 is 1.42. The highest BCUT2D eigenvalue weighted by Gasteiger charge is 2.38. The Morgan fingerprint density at radius 2 is 1.74 bits per heavy atom. The molecule has 3 amide bonds. The molecule has 1 aromatic heterocycles. The third-order valence-electron chi connectivity index (χ3n) is 9.40. The molecule has 13 nitrogen and oxygen atoms in total. The largest absolute Gasteiger partial charge is 0.480 e. The van der Waals surface area contributed by atoms with Gasteiger partial charge in [0, 0.05) is 30.5 Å². The van der Waals surface area contributed by atoms with E-state index in [1.54, 1.807) is 55.4 Å². The summed E-state index contributed by atoms with van der Waals surface area (Å²) in [5.74, 6) is -4.22. The highest BCUT2D eigenvalue weighted by atomic mass is 32.2. The fourth-order valence-corrected chi connectivity index (χ4v) is 7.70. The minimum atomic E-state index is -1.31. The van der Waals surface area contributed by atoms with Crippen molar-refractivity contribution < 1.29 is 38.6 Å². The summed E-state index contributed by atoms with van der Waals surface area (Å²) in [4.78, 5) is 87.5. The van der Waals surface area contributed by atoms with Crippen LogP contribution in [0.25, 0.3) is 0 Å². The fraction of sp³-hybridized carbons (Fsp3) is 0.564. The van der Waals surface area contributed by atoms with E-state index >= 15 is 0 Å². The lowest BCUT2D eigenvalue weighted by atomic mass is 9.84. The molecule has 53 heavy (non-hydrogen) atoms. The number of thioether (sulfide) groups is 1. The van der Waals surface area contributed by atoms with Crippen LogP contribution in [-0.2, 0) is 39.9 Å². The number of carboxylic acid groups (broad SMARTS) is 1. The molecule has 2 aromatic rings. The van der Waals surface area contributed by atoms with E-state index in [4.69, 9.17) is 4.74 Å². The first-order valence-corrected chi connectivity index (χ1v) is 19.6. The van der Waals surface area contributed by atoms with E-state index in [0.29, 0.717) is 11.3 Å². The molecule has 1 aliphatic carbocycles. The second kappa shape index (κ2) is 20.2. The number of aliphatic carboxylic acids is 1. The number of ether oxygens (including phenoxy) is 1. The number of hydrogen-bond acceptors (Lipinski definition) is 10. The van der Waals surface area contributed by atoms with Crippen molar-refractivity contribution in [2.75, 3.05) is 17.2 Å². The van der Waals surface area contributed by atoms with Crippen LogP contribution < -0.4 is 15.6 Å². The number of fused-ring (bicyclic) bond motifs is 1. The van der Waals surface area contributed by atoms with E-state index in [9.17, 15) is 33.9 Å². The van der Waals surface area contributed by atoms with E-state index in [1.165, 1.54) is 11.8 Å². The van der Waals surface area contributed by atoms with E-state index in [-0.39, 0.29) is 62.1 Å². The number of carboxylic acids is 1. The van der Waals surface area contributed by atoms with Gasteiger partial charge < -0.3 is 20.1 Å². The number of Topliss-reactive ketones (excluding diaryl/α,β-unsaturated/α-hetero) is 1. The molecule has 1 saturated carbocycles. The van der Waals surface area contributed by atoms with Crippen molar-refractivity contribution in [1.29, 1.82) is 0 Å². The molecule has 2 aliphatic rings. The summed E-state index contributed by atoms with van der Waals surface area (Å²) in [6.07, 6.45) is 7.89. The Morgan fingerprint density at radius 1 is 1.02 bits per heavy atom. The van der Waals surface area contributed by atoms with Crippen LogP contribution in [0.1, 0.15) is 91.0 Å². The molecule has 0 spiro atoms. The number of benzene rings is 1. The van der Waals surface area contributed by atoms with Gasteiger partial charge in [0.15, 0.2) is 0 Å². The van der Waals surface area contributed by atoms with Crippen LogP contribution >= 0.6 is 11.8 Å². The maximum Gasteiger partial charge on any atom is 0.376 e. The Kier molecular flexibility index (Phi) is 15.8. The van der Waals surface area contributed by atoms with Crippen molar-refractivity contribution in [2.45, 2.75) is 121 Å². The Labute approximate surface area is 316 Å². The molecule has 4 rings (SSSR count). The van der Waals surface area contributed by atoms with Crippen LogP contribution in [0.15, 0.2) is 53.7 Å². The summed E-state index contributed by atoms with van der Waals surface area (Å²) in [5.41, 5.74) is 4.39. The van der Waals surface area contributed by atoms with E-state index in [0.717, 1.165) is 42.0 Å². The zero-order chi connectivity index (χ0) is 38.5. The quantitative estimate of drug-likeness (QED) is 0.103. The standard InChI is InChI=1S/C39H53N5O8S/c1-25(2)20-30(38(49)50)41-37(48)31(22-28-14-9-6-10-15-28)44(34(45)16-11-19-43-32-23-40-18-17-33(32)53-24-35(43)46)42-29(21-27-12-7-5-8-13-27)36(47)39(51)52-26(3)4/h6,9-10,14-15,17-18,23,25-27,29-31,42H,5,7-8,11-13,16,19-22,24H2,1-4H3,(H,41,48)(H,49,50)/t29?,30-,31-/m0/s1. The topological polar surface area (TPSA) is 175 Å². The number of hydrazine groups is 1. The average molecular weight is 752 g/mol. The molecule has 1 fully saturated rings. The first-order valence-electron chi connectivity index (χ1n) is 18.6. The first kappa shape index (κ1) is 41.5. The molecule has 14 heteroatoms. The van der Waals surface area contributed by atoms with Crippen molar-refractivity contribution in [3.63, 3.8) is 0 Å². The molecule has 288 valence electrons. The number of amides is 3. The summed E-state index contributed by atoms with van der Waals surface area (Å²) in [7, 11) is 0. The number of nitrogens with one attached hydrogen (secondary N) is 2. The van der Waals surface area contributed by atoms with Gasteiger partial charge in [-0.3, -0.25) is 29.2 Å². The molecule has 2 heterocycles. The Bertz CT molecular complexity index is 1580. The molecular formula is C39H53N5O8S. The lowest BCUT2D eigenvalue weighted by Crippen LogP contribution is -2.62. The number of nitrogens with zero attached hydrogens (tertiary/aromatic N) is 3. The molecule has 3 atom stereocenters. The van der Waals surface area contributed by atoms with Gasteiger partial charge in [0.2, 0.25) is 17.7 Å². The predicted octanol–water partition coefficient (Wildman–Crippen LogP) is 4.72. The van der Waals surface area contributed by atoms with Gasteiger partial charge in [0.25, 0.3) is 5.78 Å². The lowest BCUT2D eigenvalue weighted by molar-refractivity contribution is -0.160. The van der Waals surface area contributed by atoms with Crippen molar-refractivity contribution in [3.8, 4) is 0 Å². The van der Waals surface area contributed by atoms with Gasteiger partial charge in [-0.25, -0.2) is 15.0 Å². The van der Waals surface area contributed by atoms with Crippen molar-refractivity contribution in [1.82, 2.24) is 20.7 Å². The number of aromatic nitrogens is 1. The molecule has 0 radical (unpaired) electrons. The van der Waals surface area contributed by atoms with Crippen LogP contribution in [0.3, 0.4) is 0 Å². The van der Waals surface area contributed by atoms with Crippen LogP contribution in [0.4, 0.5) is 5.69 Å². The smallest absolute Gasteiger partial charge is 0.376 e. The summed E-state index contributed by atoms with van der Waals surface area (Å²) < 4.78 is 5.29. The molecule has 0 bridgehead atoms. The summed E-state index contributed by atoms with van der Waals surface area (Å²) in [6, 6.07) is 7.10. The minimum absolute atomic E-state index is 0.0128. The maximum atomic E-state index is 14.5.